The molecule has 0 aromatic heterocycles. The minimum atomic E-state index is -1.29. The summed E-state index contributed by atoms with van der Waals surface area (Å²) < 4.78 is 11.4. The smallest absolute Gasteiger partial charge is 0.119 e. The fraction of sp³-hybridized carbons (Fsp3) is 0.455. The fourth-order valence-corrected chi connectivity index (χ4v) is 3.69. The van der Waals surface area contributed by atoms with Gasteiger partial charge in [0.2, 0.25) is 0 Å². The van der Waals surface area contributed by atoms with Gasteiger partial charge in [-0.05, 0) is 62.1 Å². The summed E-state index contributed by atoms with van der Waals surface area (Å²) in [5.41, 5.74) is 1.68. The van der Waals surface area contributed by atoms with Crippen molar-refractivity contribution in [2.24, 2.45) is 0 Å². The van der Waals surface area contributed by atoms with Gasteiger partial charge < -0.3 is 24.8 Å². The van der Waals surface area contributed by atoms with E-state index >= 15 is 0 Å². The van der Waals surface area contributed by atoms with Crippen LogP contribution >= 0.6 is 11.6 Å². The Morgan fingerprint density at radius 2 is 1.71 bits per heavy atom. The molecule has 2 aromatic carbocycles. The molecule has 28 heavy (non-hydrogen) atoms. The molecule has 6 heteroatoms. The third-order valence-corrected chi connectivity index (χ3v) is 5.52. The van der Waals surface area contributed by atoms with E-state index < -0.39 is 30.0 Å². The Bertz CT molecular complexity index is 805. The molecule has 0 aliphatic carbocycles. The second-order valence-corrected chi connectivity index (χ2v) is 8.08. The molecule has 1 aliphatic rings. The van der Waals surface area contributed by atoms with Crippen molar-refractivity contribution in [1.82, 2.24) is 0 Å². The van der Waals surface area contributed by atoms with Gasteiger partial charge >= 0.3 is 0 Å². The third-order valence-electron chi connectivity index (χ3n) is 5.15. The van der Waals surface area contributed by atoms with Crippen molar-refractivity contribution in [1.29, 1.82) is 0 Å². The Morgan fingerprint density at radius 3 is 2.36 bits per heavy atom. The van der Waals surface area contributed by atoms with Crippen molar-refractivity contribution >= 4 is 11.6 Å². The SMILES string of the molecule is CCOc1ccc(Cc2cc([C@@H]3OC(C)(C)C(O)[C@H](O)[C@H]3O)ccc2Cl)cc1. The summed E-state index contributed by atoms with van der Waals surface area (Å²) >= 11 is 6.39. The summed E-state index contributed by atoms with van der Waals surface area (Å²) in [6, 6.07) is 13.2. The van der Waals surface area contributed by atoms with Crippen LogP contribution < -0.4 is 4.74 Å². The van der Waals surface area contributed by atoms with Crippen molar-refractivity contribution in [3.05, 3.63) is 64.2 Å². The number of aliphatic hydroxyl groups is 3. The number of rotatable bonds is 5. The van der Waals surface area contributed by atoms with Crippen molar-refractivity contribution in [3.8, 4) is 5.75 Å². The van der Waals surface area contributed by atoms with E-state index in [1.54, 1.807) is 26.0 Å². The molecular weight excluding hydrogens is 380 g/mol. The zero-order valence-electron chi connectivity index (χ0n) is 16.3. The quantitative estimate of drug-likeness (QED) is 0.710. The lowest BCUT2D eigenvalue weighted by Crippen LogP contribution is -2.58. The predicted molar refractivity (Wildman–Crippen MR) is 108 cm³/mol. The summed E-state index contributed by atoms with van der Waals surface area (Å²) in [5, 5.41) is 31.4. The molecule has 0 saturated carbocycles. The molecule has 152 valence electrons. The van der Waals surface area contributed by atoms with Crippen LogP contribution in [0.25, 0.3) is 0 Å². The van der Waals surface area contributed by atoms with Crippen LogP contribution in [0.5, 0.6) is 5.75 Å². The Balaban J connectivity index is 1.85. The van der Waals surface area contributed by atoms with E-state index in [2.05, 4.69) is 0 Å². The molecule has 4 atom stereocenters. The van der Waals surface area contributed by atoms with Gasteiger partial charge in [-0.25, -0.2) is 0 Å². The van der Waals surface area contributed by atoms with E-state index in [1.165, 1.54) is 0 Å². The maximum absolute atomic E-state index is 10.4. The van der Waals surface area contributed by atoms with Gasteiger partial charge in [-0.1, -0.05) is 35.9 Å². The minimum absolute atomic E-state index is 0.608. The van der Waals surface area contributed by atoms with Crippen LogP contribution in [0.2, 0.25) is 5.02 Å². The number of hydrogen-bond donors (Lipinski definition) is 3. The molecule has 3 N–H and O–H groups in total. The zero-order valence-corrected chi connectivity index (χ0v) is 17.1. The van der Waals surface area contributed by atoms with E-state index in [-0.39, 0.29) is 0 Å². The van der Waals surface area contributed by atoms with Gasteiger partial charge in [0.05, 0.1) is 12.2 Å². The van der Waals surface area contributed by atoms with Crippen molar-refractivity contribution < 1.29 is 24.8 Å². The van der Waals surface area contributed by atoms with Gasteiger partial charge in [0, 0.05) is 5.02 Å². The van der Waals surface area contributed by atoms with Gasteiger partial charge in [0.25, 0.3) is 0 Å². The largest absolute Gasteiger partial charge is 0.494 e. The first-order valence-corrected chi connectivity index (χ1v) is 9.83. The number of benzene rings is 2. The third kappa shape index (κ3) is 4.34. The lowest BCUT2D eigenvalue weighted by Gasteiger charge is -2.45. The summed E-state index contributed by atoms with van der Waals surface area (Å²) in [6.45, 7) is 5.94. The molecule has 1 heterocycles. The zero-order chi connectivity index (χ0) is 20.5. The van der Waals surface area contributed by atoms with Crippen molar-refractivity contribution in [2.45, 2.75) is 57.2 Å². The maximum Gasteiger partial charge on any atom is 0.119 e. The van der Waals surface area contributed by atoms with E-state index in [0.29, 0.717) is 23.6 Å². The molecule has 0 radical (unpaired) electrons. The van der Waals surface area contributed by atoms with Crippen LogP contribution in [0.3, 0.4) is 0 Å². The highest BCUT2D eigenvalue weighted by Crippen LogP contribution is 2.38. The molecule has 2 aromatic rings. The van der Waals surface area contributed by atoms with Gasteiger partial charge in [-0.15, -0.1) is 0 Å². The number of aliphatic hydroxyl groups excluding tert-OH is 3. The lowest BCUT2D eigenvalue weighted by atomic mass is 9.85. The normalized spacial score (nSPS) is 26.8. The molecule has 5 nitrogen and oxygen atoms in total. The first-order chi connectivity index (χ1) is 13.2. The topological polar surface area (TPSA) is 79.2 Å². The summed E-state index contributed by atoms with van der Waals surface area (Å²) in [4.78, 5) is 0. The number of ether oxygens (including phenoxy) is 2. The number of halogens is 1. The molecule has 0 amide bonds. The van der Waals surface area contributed by atoms with Crippen LogP contribution in [-0.2, 0) is 11.2 Å². The van der Waals surface area contributed by atoms with Crippen molar-refractivity contribution in [2.75, 3.05) is 6.61 Å². The molecular formula is C22H27ClO5. The Kier molecular flexibility index (Phi) is 6.32. The molecule has 0 spiro atoms. The van der Waals surface area contributed by atoms with Crippen LogP contribution in [0, 0.1) is 0 Å². The van der Waals surface area contributed by atoms with E-state index in [0.717, 1.165) is 16.9 Å². The molecule has 1 fully saturated rings. The van der Waals surface area contributed by atoms with Crippen LogP contribution in [0.4, 0.5) is 0 Å². The van der Waals surface area contributed by atoms with Gasteiger partial charge in [0.15, 0.2) is 0 Å². The lowest BCUT2D eigenvalue weighted by molar-refractivity contribution is -0.259. The first-order valence-electron chi connectivity index (χ1n) is 9.45. The van der Waals surface area contributed by atoms with Crippen LogP contribution in [0.15, 0.2) is 42.5 Å². The highest BCUT2D eigenvalue weighted by atomic mass is 35.5. The average molecular weight is 407 g/mol. The molecule has 0 bridgehead atoms. The molecule has 1 saturated heterocycles. The Hall–Kier alpha value is -1.63. The van der Waals surface area contributed by atoms with E-state index in [9.17, 15) is 15.3 Å². The highest BCUT2D eigenvalue weighted by Gasteiger charge is 2.48. The van der Waals surface area contributed by atoms with Crippen LogP contribution in [0.1, 0.15) is 43.6 Å². The second-order valence-electron chi connectivity index (χ2n) is 7.67. The molecule has 1 unspecified atom stereocenters. The van der Waals surface area contributed by atoms with Gasteiger partial charge in [-0.2, -0.15) is 0 Å². The molecule has 1 aliphatic heterocycles. The first kappa shape index (κ1) is 21.1. The maximum atomic E-state index is 10.4. The fourth-order valence-electron chi connectivity index (χ4n) is 3.51. The monoisotopic (exact) mass is 406 g/mol. The highest BCUT2D eigenvalue weighted by molar-refractivity contribution is 6.31. The predicted octanol–water partition coefficient (Wildman–Crippen LogP) is 3.26. The summed E-state index contributed by atoms with van der Waals surface area (Å²) in [6.07, 6.45) is -3.85. The number of hydrogen-bond acceptors (Lipinski definition) is 5. The van der Waals surface area contributed by atoms with Crippen molar-refractivity contribution in [3.63, 3.8) is 0 Å². The Labute approximate surface area is 170 Å². The minimum Gasteiger partial charge on any atom is -0.494 e. The van der Waals surface area contributed by atoms with Crippen LogP contribution in [-0.4, -0.2) is 45.8 Å². The average Bonchev–Trinajstić information content (AvgIpc) is 2.67. The standard InChI is InChI=1S/C22H27ClO5/c1-4-27-16-8-5-13(6-9-16)11-15-12-14(7-10-17(15)23)20-18(24)19(25)21(26)22(2,3)28-20/h5-10,12,18-21,24-26H,4,11H2,1-3H3/t18-,19-,20+,21?/m1/s1. The second kappa shape index (κ2) is 8.39. The van der Waals surface area contributed by atoms with E-state index in [1.807, 2.05) is 37.3 Å². The van der Waals surface area contributed by atoms with E-state index in [4.69, 9.17) is 21.1 Å². The van der Waals surface area contributed by atoms with Gasteiger partial charge in [-0.3, -0.25) is 0 Å². The van der Waals surface area contributed by atoms with Gasteiger partial charge in [0.1, 0.15) is 30.2 Å². The summed E-state index contributed by atoms with van der Waals surface area (Å²) in [7, 11) is 0. The summed E-state index contributed by atoms with van der Waals surface area (Å²) in [5.74, 6) is 0.819. The Morgan fingerprint density at radius 1 is 1.04 bits per heavy atom. The molecule has 3 rings (SSSR count).